The molecule has 7 nitrogen and oxygen atoms in total. The van der Waals surface area contributed by atoms with Gasteiger partial charge in [0.1, 0.15) is 6.54 Å². The van der Waals surface area contributed by atoms with Gasteiger partial charge < -0.3 is 15.7 Å². The molecule has 0 saturated heterocycles. The van der Waals surface area contributed by atoms with E-state index in [1.807, 2.05) is 11.8 Å². The van der Waals surface area contributed by atoms with Crippen LogP contribution in [0.3, 0.4) is 0 Å². The third-order valence-electron chi connectivity index (χ3n) is 2.75. The molecule has 0 radical (unpaired) electrons. The lowest BCUT2D eigenvalue weighted by Crippen LogP contribution is -2.29. The van der Waals surface area contributed by atoms with Crippen molar-refractivity contribution in [3.63, 3.8) is 0 Å². The molecule has 21 heavy (non-hydrogen) atoms. The molecule has 2 amide bonds. The van der Waals surface area contributed by atoms with Crippen LogP contribution in [0.2, 0.25) is 0 Å². The predicted molar refractivity (Wildman–Crippen MR) is 83.7 cm³/mol. The average Bonchev–Trinajstić information content (AvgIpc) is 2.84. The number of aromatic nitrogens is 2. The minimum atomic E-state index is -0.976. The molecule has 0 aliphatic carbocycles. The first-order valence-corrected chi connectivity index (χ1v) is 8.29. The molecular formula is C13H22N4O3S. The fraction of sp³-hybridized carbons (Fsp3) is 0.615. The largest absolute Gasteiger partial charge is 0.480 e. The van der Waals surface area contributed by atoms with Gasteiger partial charge in [-0.05, 0) is 24.9 Å². The number of hydrogen-bond acceptors (Lipinski definition) is 4. The molecule has 1 aromatic heterocycles. The van der Waals surface area contributed by atoms with Gasteiger partial charge in [-0.25, -0.2) is 4.79 Å². The zero-order valence-corrected chi connectivity index (χ0v) is 13.0. The summed E-state index contributed by atoms with van der Waals surface area (Å²) >= 11 is 1.85. The summed E-state index contributed by atoms with van der Waals surface area (Å²) in [5.74, 6) is 0.212. The van der Waals surface area contributed by atoms with Crippen LogP contribution in [0.1, 0.15) is 25.7 Å². The molecule has 0 atom stereocenters. The number of nitrogens with one attached hydrogen (secondary N) is 2. The normalized spacial score (nSPS) is 10.3. The summed E-state index contributed by atoms with van der Waals surface area (Å²) in [4.78, 5) is 22.1. The fourth-order valence-corrected chi connectivity index (χ4v) is 2.25. The average molecular weight is 314 g/mol. The number of unbranched alkanes of at least 4 members (excludes halogenated alkanes) is 3. The van der Waals surface area contributed by atoms with E-state index in [2.05, 4.69) is 22.0 Å². The summed E-state index contributed by atoms with van der Waals surface area (Å²) in [6.07, 6.45) is 9.48. The van der Waals surface area contributed by atoms with Gasteiger partial charge in [0.25, 0.3) is 0 Å². The van der Waals surface area contributed by atoms with Crippen LogP contribution >= 0.6 is 11.8 Å². The molecule has 1 rings (SSSR count). The number of amides is 2. The molecule has 0 aliphatic heterocycles. The van der Waals surface area contributed by atoms with Crippen molar-refractivity contribution >= 4 is 29.4 Å². The number of carbonyl (C=O) groups is 2. The molecule has 0 unspecified atom stereocenters. The highest BCUT2D eigenvalue weighted by molar-refractivity contribution is 7.98. The number of thioether (sulfide) groups is 1. The highest BCUT2D eigenvalue weighted by Gasteiger charge is 2.05. The van der Waals surface area contributed by atoms with Crippen LogP contribution in [0.4, 0.5) is 10.5 Å². The molecule has 8 heteroatoms. The Kier molecular flexibility index (Phi) is 8.34. The summed E-state index contributed by atoms with van der Waals surface area (Å²) in [7, 11) is 0. The maximum Gasteiger partial charge on any atom is 0.325 e. The second-order valence-corrected chi connectivity index (χ2v) is 5.59. The Balaban J connectivity index is 2.13. The van der Waals surface area contributed by atoms with Crippen LogP contribution in [-0.2, 0) is 11.3 Å². The first-order valence-electron chi connectivity index (χ1n) is 6.90. The molecule has 0 aromatic carbocycles. The summed E-state index contributed by atoms with van der Waals surface area (Å²) in [5.41, 5.74) is 0.480. The van der Waals surface area contributed by atoms with E-state index >= 15 is 0 Å². The van der Waals surface area contributed by atoms with Gasteiger partial charge in [0.05, 0.1) is 11.9 Å². The van der Waals surface area contributed by atoms with Gasteiger partial charge in [0.2, 0.25) is 0 Å². The van der Waals surface area contributed by atoms with Gasteiger partial charge in [-0.3, -0.25) is 9.48 Å². The molecule has 1 aromatic rings. The van der Waals surface area contributed by atoms with E-state index in [1.165, 1.54) is 35.7 Å². The summed E-state index contributed by atoms with van der Waals surface area (Å²) < 4.78 is 1.25. The molecule has 0 saturated carbocycles. The van der Waals surface area contributed by atoms with Gasteiger partial charge in [-0.15, -0.1) is 0 Å². The van der Waals surface area contributed by atoms with Gasteiger partial charge in [-0.2, -0.15) is 16.9 Å². The van der Waals surface area contributed by atoms with E-state index in [1.54, 1.807) is 0 Å². The number of aliphatic carboxylic acids is 1. The van der Waals surface area contributed by atoms with Crippen LogP contribution in [-0.4, -0.2) is 45.4 Å². The van der Waals surface area contributed by atoms with Crippen LogP contribution in [0.25, 0.3) is 0 Å². The minimum Gasteiger partial charge on any atom is -0.480 e. The van der Waals surface area contributed by atoms with Crippen molar-refractivity contribution in [2.24, 2.45) is 0 Å². The van der Waals surface area contributed by atoms with Crippen molar-refractivity contribution in [3.8, 4) is 0 Å². The number of anilines is 1. The summed E-state index contributed by atoms with van der Waals surface area (Å²) in [6, 6.07) is -0.297. The second-order valence-electron chi connectivity index (χ2n) is 4.61. The van der Waals surface area contributed by atoms with Crippen molar-refractivity contribution in [1.82, 2.24) is 15.1 Å². The van der Waals surface area contributed by atoms with Crippen molar-refractivity contribution in [3.05, 3.63) is 12.4 Å². The molecule has 0 spiro atoms. The fourth-order valence-electron chi connectivity index (χ4n) is 1.76. The van der Waals surface area contributed by atoms with Crippen LogP contribution in [0.15, 0.2) is 12.4 Å². The Hall–Kier alpha value is -1.70. The predicted octanol–water partition coefficient (Wildman–Crippen LogP) is 2.01. The Labute approximate surface area is 128 Å². The number of rotatable bonds is 10. The van der Waals surface area contributed by atoms with Crippen molar-refractivity contribution in [1.29, 1.82) is 0 Å². The SMILES string of the molecule is CSCCCCCCNC(=O)Nc1cnn(CC(=O)O)c1. The van der Waals surface area contributed by atoms with Gasteiger partial charge in [-0.1, -0.05) is 12.8 Å². The van der Waals surface area contributed by atoms with Gasteiger partial charge >= 0.3 is 12.0 Å². The maximum absolute atomic E-state index is 11.6. The lowest BCUT2D eigenvalue weighted by molar-refractivity contribution is -0.137. The van der Waals surface area contributed by atoms with Crippen LogP contribution in [0.5, 0.6) is 0 Å². The first kappa shape index (κ1) is 17.4. The zero-order valence-electron chi connectivity index (χ0n) is 12.2. The van der Waals surface area contributed by atoms with E-state index in [-0.39, 0.29) is 12.6 Å². The number of carboxylic acid groups (broad SMARTS) is 1. The number of carboxylic acids is 1. The number of hydrogen-bond donors (Lipinski definition) is 3. The monoisotopic (exact) mass is 314 g/mol. The quantitative estimate of drug-likeness (QED) is 0.574. The van der Waals surface area contributed by atoms with E-state index in [9.17, 15) is 9.59 Å². The number of carbonyl (C=O) groups excluding carboxylic acids is 1. The Morgan fingerprint density at radius 3 is 2.81 bits per heavy atom. The maximum atomic E-state index is 11.6. The van der Waals surface area contributed by atoms with Crippen molar-refractivity contribution in [2.75, 3.05) is 23.9 Å². The number of nitrogens with zero attached hydrogens (tertiary/aromatic N) is 2. The summed E-state index contributed by atoms with van der Waals surface area (Å²) in [5, 5.41) is 17.8. The smallest absolute Gasteiger partial charge is 0.325 e. The van der Waals surface area contributed by atoms with Gasteiger partial charge in [0.15, 0.2) is 0 Å². The van der Waals surface area contributed by atoms with E-state index < -0.39 is 5.97 Å². The molecule has 1 heterocycles. The van der Waals surface area contributed by atoms with Crippen LogP contribution in [0, 0.1) is 0 Å². The Morgan fingerprint density at radius 1 is 1.33 bits per heavy atom. The molecule has 118 valence electrons. The number of urea groups is 1. The highest BCUT2D eigenvalue weighted by atomic mass is 32.2. The standard InChI is InChI=1S/C13H22N4O3S/c1-21-7-5-3-2-4-6-14-13(20)16-11-8-15-17(9-11)10-12(18)19/h8-9H,2-7,10H2,1H3,(H,18,19)(H2,14,16,20). The lowest BCUT2D eigenvalue weighted by Gasteiger charge is -2.05. The molecule has 0 aliphatic rings. The van der Waals surface area contributed by atoms with Crippen molar-refractivity contribution in [2.45, 2.75) is 32.2 Å². The lowest BCUT2D eigenvalue weighted by atomic mass is 10.2. The Morgan fingerprint density at radius 2 is 2.10 bits per heavy atom. The minimum absolute atomic E-state index is 0.223. The zero-order chi connectivity index (χ0) is 15.5. The van der Waals surface area contributed by atoms with E-state index in [4.69, 9.17) is 5.11 Å². The molecule has 0 bridgehead atoms. The first-order chi connectivity index (χ1) is 10.1. The molecule has 3 N–H and O–H groups in total. The van der Waals surface area contributed by atoms with E-state index in [0.29, 0.717) is 12.2 Å². The second kappa shape index (κ2) is 10.1. The third kappa shape index (κ3) is 8.23. The van der Waals surface area contributed by atoms with E-state index in [0.717, 1.165) is 12.8 Å². The van der Waals surface area contributed by atoms with Crippen molar-refractivity contribution < 1.29 is 14.7 Å². The topological polar surface area (TPSA) is 96.3 Å². The Bertz CT molecular complexity index is 450. The third-order valence-corrected chi connectivity index (χ3v) is 3.45. The highest BCUT2D eigenvalue weighted by Crippen LogP contribution is 2.05. The summed E-state index contributed by atoms with van der Waals surface area (Å²) in [6.45, 7) is 0.410. The van der Waals surface area contributed by atoms with Gasteiger partial charge in [0, 0.05) is 12.7 Å². The molecular weight excluding hydrogens is 292 g/mol. The van der Waals surface area contributed by atoms with Crippen LogP contribution < -0.4 is 10.6 Å². The molecule has 0 fully saturated rings.